The molecule has 2 heterocycles. The SMILES string of the molecule is CCCc1nc(NN)c(C)c(NC2CCN(C)CC2C)n1. The number of likely N-dealkylation sites (tertiary alicyclic amines) is 1. The Hall–Kier alpha value is -1.40. The highest BCUT2D eigenvalue weighted by molar-refractivity contribution is 5.57. The van der Waals surface area contributed by atoms with Crippen LogP contribution in [0.5, 0.6) is 0 Å². The van der Waals surface area contributed by atoms with E-state index in [1.54, 1.807) is 0 Å². The summed E-state index contributed by atoms with van der Waals surface area (Å²) in [5.74, 6) is 8.67. The molecular weight excluding hydrogens is 264 g/mol. The van der Waals surface area contributed by atoms with E-state index in [0.717, 1.165) is 55.4 Å². The van der Waals surface area contributed by atoms with Crippen LogP contribution in [0.3, 0.4) is 0 Å². The lowest BCUT2D eigenvalue weighted by Gasteiger charge is -2.35. The zero-order valence-corrected chi connectivity index (χ0v) is 13.6. The van der Waals surface area contributed by atoms with E-state index in [2.05, 4.69) is 46.5 Å². The summed E-state index contributed by atoms with van der Waals surface area (Å²) in [6.45, 7) is 8.66. The zero-order valence-electron chi connectivity index (χ0n) is 13.6. The van der Waals surface area contributed by atoms with Crippen molar-refractivity contribution < 1.29 is 0 Å². The third-order valence-electron chi connectivity index (χ3n) is 4.23. The molecule has 0 aliphatic carbocycles. The van der Waals surface area contributed by atoms with Crippen LogP contribution in [0.25, 0.3) is 0 Å². The van der Waals surface area contributed by atoms with E-state index in [0.29, 0.717) is 12.0 Å². The molecule has 6 heteroatoms. The number of hydrogen-bond donors (Lipinski definition) is 3. The zero-order chi connectivity index (χ0) is 15.4. The van der Waals surface area contributed by atoms with Crippen molar-refractivity contribution >= 4 is 11.6 Å². The number of anilines is 2. The van der Waals surface area contributed by atoms with Gasteiger partial charge >= 0.3 is 0 Å². The van der Waals surface area contributed by atoms with Gasteiger partial charge < -0.3 is 15.6 Å². The van der Waals surface area contributed by atoms with Gasteiger partial charge in [0.2, 0.25) is 0 Å². The molecule has 0 spiro atoms. The Morgan fingerprint density at radius 3 is 2.67 bits per heavy atom. The second-order valence-corrected chi connectivity index (χ2v) is 6.14. The number of aromatic nitrogens is 2. The first-order valence-corrected chi connectivity index (χ1v) is 7.84. The second kappa shape index (κ2) is 7.04. The van der Waals surface area contributed by atoms with Gasteiger partial charge in [-0.05, 0) is 39.3 Å². The standard InChI is InChI=1S/C15H28N6/c1-5-6-13-18-14(11(3)15(19-13)20-16)17-12-7-8-21(4)9-10(12)2/h10,12H,5-9,16H2,1-4H3,(H2,17,18,19,20). The second-order valence-electron chi connectivity index (χ2n) is 6.14. The highest BCUT2D eigenvalue weighted by atomic mass is 15.3. The molecule has 1 aromatic rings. The van der Waals surface area contributed by atoms with Crippen LogP contribution >= 0.6 is 0 Å². The molecule has 0 saturated carbocycles. The van der Waals surface area contributed by atoms with Gasteiger partial charge in [-0.25, -0.2) is 15.8 Å². The highest BCUT2D eigenvalue weighted by Crippen LogP contribution is 2.24. The van der Waals surface area contributed by atoms with Gasteiger partial charge in [-0.15, -0.1) is 0 Å². The van der Waals surface area contributed by atoms with E-state index < -0.39 is 0 Å². The number of rotatable bonds is 5. The summed E-state index contributed by atoms with van der Waals surface area (Å²) in [4.78, 5) is 11.5. The normalized spacial score (nSPS) is 23.1. The Balaban J connectivity index is 2.20. The predicted octanol–water partition coefficient (Wildman–Crippen LogP) is 1.78. The summed E-state index contributed by atoms with van der Waals surface area (Å²) >= 11 is 0. The van der Waals surface area contributed by atoms with E-state index in [9.17, 15) is 0 Å². The van der Waals surface area contributed by atoms with Crippen LogP contribution in [0.4, 0.5) is 11.6 Å². The molecular formula is C15H28N6. The van der Waals surface area contributed by atoms with Crippen molar-refractivity contribution in [2.45, 2.75) is 46.1 Å². The predicted molar refractivity (Wildman–Crippen MR) is 87.3 cm³/mol. The van der Waals surface area contributed by atoms with Gasteiger partial charge in [0.05, 0.1) is 0 Å². The summed E-state index contributed by atoms with van der Waals surface area (Å²) in [5.41, 5.74) is 3.68. The lowest BCUT2D eigenvalue weighted by molar-refractivity contribution is 0.206. The van der Waals surface area contributed by atoms with Crippen LogP contribution < -0.4 is 16.6 Å². The van der Waals surface area contributed by atoms with Crippen molar-refractivity contribution in [3.05, 3.63) is 11.4 Å². The number of hydrogen-bond acceptors (Lipinski definition) is 6. The third kappa shape index (κ3) is 3.83. The first kappa shape index (κ1) is 16.0. The number of aryl methyl sites for hydroxylation is 1. The first-order chi connectivity index (χ1) is 10.0. The van der Waals surface area contributed by atoms with Crippen molar-refractivity contribution in [1.29, 1.82) is 0 Å². The molecule has 118 valence electrons. The van der Waals surface area contributed by atoms with E-state index in [1.165, 1.54) is 0 Å². The fourth-order valence-corrected chi connectivity index (χ4v) is 2.92. The lowest BCUT2D eigenvalue weighted by Crippen LogP contribution is -2.43. The van der Waals surface area contributed by atoms with Crippen molar-refractivity contribution in [3.8, 4) is 0 Å². The van der Waals surface area contributed by atoms with E-state index in [1.807, 2.05) is 6.92 Å². The molecule has 1 aliphatic rings. The minimum atomic E-state index is 0.454. The van der Waals surface area contributed by atoms with Crippen molar-refractivity contribution in [2.24, 2.45) is 11.8 Å². The first-order valence-electron chi connectivity index (χ1n) is 7.84. The topological polar surface area (TPSA) is 79.1 Å². The Kier molecular flexibility index (Phi) is 5.36. The van der Waals surface area contributed by atoms with Crippen molar-refractivity contribution in [1.82, 2.24) is 14.9 Å². The van der Waals surface area contributed by atoms with Gasteiger partial charge in [-0.1, -0.05) is 13.8 Å². The largest absolute Gasteiger partial charge is 0.367 e. The third-order valence-corrected chi connectivity index (χ3v) is 4.23. The van der Waals surface area contributed by atoms with Crippen molar-refractivity contribution in [2.75, 3.05) is 30.9 Å². The number of nitrogens with two attached hydrogens (primary N) is 1. The number of nitrogen functional groups attached to an aromatic ring is 1. The van der Waals surface area contributed by atoms with E-state index >= 15 is 0 Å². The maximum absolute atomic E-state index is 5.59. The van der Waals surface area contributed by atoms with Gasteiger partial charge in [0, 0.05) is 24.6 Å². The van der Waals surface area contributed by atoms with Crippen LogP contribution in [0.1, 0.15) is 38.1 Å². The molecule has 0 aromatic carbocycles. The monoisotopic (exact) mass is 292 g/mol. The van der Waals surface area contributed by atoms with Crippen LogP contribution in [0, 0.1) is 12.8 Å². The van der Waals surface area contributed by atoms with E-state index in [4.69, 9.17) is 5.84 Å². The molecule has 0 bridgehead atoms. The summed E-state index contributed by atoms with van der Waals surface area (Å²) in [6, 6.07) is 0.454. The van der Waals surface area contributed by atoms with Crippen LogP contribution in [0.2, 0.25) is 0 Å². The average Bonchev–Trinajstić information content (AvgIpc) is 2.45. The molecule has 6 nitrogen and oxygen atoms in total. The van der Waals surface area contributed by atoms with Crippen LogP contribution in [-0.2, 0) is 6.42 Å². The lowest BCUT2D eigenvalue weighted by atomic mass is 9.94. The fourth-order valence-electron chi connectivity index (χ4n) is 2.92. The smallest absolute Gasteiger partial charge is 0.148 e. The van der Waals surface area contributed by atoms with Gasteiger partial charge in [-0.2, -0.15) is 0 Å². The number of nitrogens with one attached hydrogen (secondary N) is 2. The van der Waals surface area contributed by atoms with E-state index in [-0.39, 0.29) is 0 Å². The molecule has 0 radical (unpaired) electrons. The maximum atomic E-state index is 5.59. The van der Waals surface area contributed by atoms with Crippen LogP contribution in [-0.4, -0.2) is 41.0 Å². The van der Waals surface area contributed by atoms with Crippen molar-refractivity contribution in [3.63, 3.8) is 0 Å². The molecule has 2 rings (SSSR count). The molecule has 1 saturated heterocycles. The van der Waals surface area contributed by atoms with Gasteiger partial charge in [0.15, 0.2) is 0 Å². The summed E-state index contributed by atoms with van der Waals surface area (Å²) < 4.78 is 0. The molecule has 2 atom stereocenters. The molecule has 0 amide bonds. The summed E-state index contributed by atoms with van der Waals surface area (Å²) in [6.07, 6.45) is 3.03. The molecule has 4 N–H and O–H groups in total. The summed E-state index contributed by atoms with van der Waals surface area (Å²) in [5, 5.41) is 3.62. The molecule has 1 fully saturated rings. The Labute approximate surface area is 127 Å². The molecule has 1 aromatic heterocycles. The minimum absolute atomic E-state index is 0.454. The molecule has 2 unspecified atom stereocenters. The number of piperidine rings is 1. The van der Waals surface area contributed by atoms with Gasteiger partial charge in [-0.3, -0.25) is 0 Å². The maximum Gasteiger partial charge on any atom is 0.148 e. The Bertz CT molecular complexity index is 475. The quantitative estimate of drug-likeness (QED) is 0.567. The summed E-state index contributed by atoms with van der Waals surface area (Å²) in [7, 11) is 2.18. The van der Waals surface area contributed by atoms with Gasteiger partial charge in [0.25, 0.3) is 0 Å². The number of hydrazine groups is 1. The number of nitrogens with zero attached hydrogens (tertiary/aromatic N) is 3. The average molecular weight is 292 g/mol. The Morgan fingerprint density at radius 2 is 2.05 bits per heavy atom. The molecule has 1 aliphatic heterocycles. The Morgan fingerprint density at radius 1 is 1.33 bits per heavy atom. The minimum Gasteiger partial charge on any atom is -0.367 e. The molecule has 21 heavy (non-hydrogen) atoms. The van der Waals surface area contributed by atoms with Crippen LogP contribution in [0.15, 0.2) is 0 Å². The fraction of sp³-hybridized carbons (Fsp3) is 0.733. The van der Waals surface area contributed by atoms with Gasteiger partial charge in [0.1, 0.15) is 17.5 Å². The highest BCUT2D eigenvalue weighted by Gasteiger charge is 2.25.